The molecule has 2 N–H and O–H groups in total. The predicted molar refractivity (Wildman–Crippen MR) is 90.1 cm³/mol. The molecule has 0 spiro atoms. The Labute approximate surface area is 159 Å². The van der Waals surface area contributed by atoms with E-state index in [-0.39, 0.29) is 25.1 Å². The average molecular weight is 399 g/mol. The third kappa shape index (κ3) is 3.61. The van der Waals surface area contributed by atoms with Crippen molar-refractivity contribution >= 4 is 17.7 Å². The SMILES string of the molecule is CCCN1C(=O)C2ON(CCC(N)=O)C(c3cccc(C(F)(F)F)c3)C2C1=O. The lowest BCUT2D eigenvalue weighted by molar-refractivity contribution is -0.180. The smallest absolute Gasteiger partial charge is 0.370 e. The molecule has 28 heavy (non-hydrogen) atoms. The van der Waals surface area contributed by atoms with Crippen LogP contribution in [0.3, 0.4) is 0 Å². The van der Waals surface area contributed by atoms with Crippen LogP contribution >= 0.6 is 0 Å². The van der Waals surface area contributed by atoms with Gasteiger partial charge >= 0.3 is 6.18 Å². The van der Waals surface area contributed by atoms with Crippen molar-refractivity contribution in [2.75, 3.05) is 13.1 Å². The zero-order valence-corrected chi connectivity index (χ0v) is 15.1. The van der Waals surface area contributed by atoms with E-state index < -0.39 is 47.5 Å². The zero-order chi connectivity index (χ0) is 20.6. The van der Waals surface area contributed by atoms with E-state index in [1.54, 1.807) is 6.92 Å². The van der Waals surface area contributed by atoms with Crippen LogP contribution in [0.5, 0.6) is 0 Å². The molecule has 0 saturated carbocycles. The predicted octanol–water partition coefficient (Wildman–Crippen LogP) is 1.63. The highest BCUT2D eigenvalue weighted by Crippen LogP contribution is 2.45. The monoisotopic (exact) mass is 399 g/mol. The fraction of sp³-hybridized carbons (Fsp3) is 0.500. The number of halogens is 3. The van der Waals surface area contributed by atoms with Gasteiger partial charge in [-0.1, -0.05) is 19.1 Å². The van der Waals surface area contributed by atoms with E-state index in [9.17, 15) is 27.6 Å². The molecule has 2 fully saturated rings. The largest absolute Gasteiger partial charge is 0.416 e. The van der Waals surface area contributed by atoms with Gasteiger partial charge in [0.25, 0.3) is 5.91 Å². The second-order valence-electron chi connectivity index (χ2n) is 6.80. The van der Waals surface area contributed by atoms with Gasteiger partial charge in [-0.2, -0.15) is 18.2 Å². The maximum Gasteiger partial charge on any atom is 0.416 e. The van der Waals surface area contributed by atoms with Crippen molar-refractivity contribution in [3.8, 4) is 0 Å². The Morgan fingerprint density at radius 2 is 1.93 bits per heavy atom. The molecule has 3 unspecified atom stereocenters. The van der Waals surface area contributed by atoms with Crippen molar-refractivity contribution in [1.82, 2.24) is 9.96 Å². The number of alkyl halides is 3. The Morgan fingerprint density at radius 3 is 2.54 bits per heavy atom. The van der Waals surface area contributed by atoms with Crippen molar-refractivity contribution in [1.29, 1.82) is 0 Å². The lowest BCUT2D eigenvalue weighted by Crippen LogP contribution is -2.38. The number of benzene rings is 1. The number of fused-ring (bicyclic) bond motifs is 1. The molecule has 10 heteroatoms. The van der Waals surface area contributed by atoms with Gasteiger partial charge in [0.1, 0.15) is 0 Å². The van der Waals surface area contributed by atoms with E-state index in [4.69, 9.17) is 10.6 Å². The number of rotatable bonds is 6. The lowest BCUT2D eigenvalue weighted by Gasteiger charge is -2.27. The zero-order valence-electron chi connectivity index (χ0n) is 15.1. The second-order valence-corrected chi connectivity index (χ2v) is 6.80. The number of hydroxylamine groups is 2. The Bertz CT molecular complexity index is 799. The van der Waals surface area contributed by atoms with Gasteiger partial charge in [-0.25, -0.2) is 0 Å². The molecule has 0 aromatic heterocycles. The average Bonchev–Trinajstić information content (AvgIpc) is 3.11. The molecule has 0 aliphatic carbocycles. The molecule has 0 radical (unpaired) electrons. The Hall–Kier alpha value is -2.46. The quantitative estimate of drug-likeness (QED) is 0.734. The number of imide groups is 1. The maximum atomic E-state index is 13.1. The Balaban J connectivity index is 1.99. The van der Waals surface area contributed by atoms with Crippen LogP contribution in [0.15, 0.2) is 24.3 Å². The highest BCUT2D eigenvalue weighted by molar-refractivity contribution is 6.07. The Morgan fingerprint density at radius 1 is 1.21 bits per heavy atom. The first-order valence-electron chi connectivity index (χ1n) is 8.89. The molecule has 3 atom stereocenters. The summed E-state index contributed by atoms with van der Waals surface area (Å²) in [5.41, 5.74) is 4.47. The third-order valence-electron chi connectivity index (χ3n) is 4.87. The number of nitrogens with two attached hydrogens (primary N) is 1. The summed E-state index contributed by atoms with van der Waals surface area (Å²) in [6.45, 7) is 1.97. The molecule has 1 aromatic rings. The van der Waals surface area contributed by atoms with E-state index >= 15 is 0 Å². The Kier molecular flexibility index (Phi) is 5.44. The molecule has 2 heterocycles. The topological polar surface area (TPSA) is 92.9 Å². The summed E-state index contributed by atoms with van der Waals surface area (Å²) in [5.74, 6) is -2.61. The fourth-order valence-corrected chi connectivity index (χ4v) is 3.66. The number of hydrogen-bond acceptors (Lipinski definition) is 5. The summed E-state index contributed by atoms with van der Waals surface area (Å²) < 4.78 is 39.4. The highest BCUT2D eigenvalue weighted by Gasteiger charge is 2.59. The number of amides is 3. The summed E-state index contributed by atoms with van der Waals surface area (Å²) in [4.78, 5) is 43.2. The van der Waals surface area contributed by atoms with Crippen LogP contribution in [-0.4, -0.2) is 46.9 Å². The standard InChI is InChI=1S/C18H20F3N3O4/c1-2-7-23-16(26)13-14(10-4-3-5-11(9-10)18(19,20)21)24(8-6-12(22)25)28-15(13)17(23)27/h3-5,9,13-15H,2,6-8H2,1H3,(H2,22,25). The van der Waals surface area contributed by atoms with Crippen LogP contribution in [0.4, 0.5) is 13.2 Å². The molecule has 152 valence electrons. The van der Waals surface area contributed by atoms with E-state index in [2.05, 4.69) is 0 Å². The molecule has 3 amide bonds. The molecule has 2 aliphatic rings. The summed E-state index contributed by atoms with van der Waals surface area (Å²) in [6, 6.07) is 3.63. The van der Waals surface area contributed by atoms with Crippen molar-refractivity contribution in [3.63, 3.8) is 0 Å². The molecule has 0 bridgehead atoms. The maximum absolute atomic E-state index is 13.1. The van der Waals surface area contributed by atoms with Gasteiger partial charge in [0.05, 0.1) is 17.5 Å². The highest BCUT2D eigenvalue weighted by atomic mass is 19.4. The number of hydrogen-bond donors (Lipinski definition) is 1. The van der Waals surface area contributed by atoms with Gasteiger partial charge in [-0.3, -0.25) is 24.1 Å². The minimum Gasteiger partial charge on any atom is -0.370 e. The summed E-state index contributed by atoms with van der Waals surface area (Å²) >= 11 is 0. The minimum atomic E-state index is -4.56. The molecule has 3 rings (SSSR count). The number of likely N-dealkylation sites (tertiary alicyclic amines) is 1. The van der Waals surface area contributed by atoms with E-state index in [1.165, 1.54) is 17.2 Å². The van der Waals surface area contributed by atoms with Crippen LogP contribution < -0.4 is 5.73 Å². The fourth-order valence-electron chi connectivity index (χ4n) is 3.66. The first kappa shape index (κ1) is 20.3. The molecule has 1 aromatic carbocycles. The van der Waals surface area contributed by atoms with Gasteiger partial charge < -0.3 is 5.73 Å². The summed E-state index contributed by atoms with van der Waals surface area (Å²) in [5, 5.41) is 1.23. The van der Waals surface area contributed by atoms with Crippen molar-refractivity contribution in [2.24, 2.45) is 11.7 Å². The first-order valence-corrected chi connectivity index (χ1v) is 8.89. The van der Waals surface area contributed by atoms with Crippen molar-refractivity contribution in [2.45, 2.75) is 38.1 Å². The number of nitrogens with zero attached hydrogens (tertiary/aromatic N) is 2. The van der Waals surface area contributed by atoms with Crippen LogP contribution in [-0.2, 0) is 25.4 Å². The third-order valence-corrected chi connectivity index (χ3v) is 4.87. The van der Waals surface area contributed by atoms with E-state index in [1.807, 2.05) is 0 Å². The van der Waals surface area contributed by atoms with Crippen molar-refractivity contribution in [3.05, 3.63) is 35.4 Å². The number of carbonyl (C=O) groups excluding carboxylic acids is 3. The van der Waals surface area contributed by atoms with Gasteiger partial charge in [0, 0.05) is 19.5 Å². The number of primary amides is 1. The molecule has 7 nitrogen and oxygen atoms in total. The lowest BCUT2D eigenvalue weighted by atomic mass is 9.90. The first-order chi connectivity index (χ1) is 13.1. The van der Waals surface area contributed by atoms with Crippen LogP contribution in [0.2, 0.25) is 0 Å². The van der Waals surface area contributed by atoms with Gasteiger partial charge in [0.2, 0.25) is 11.8 Å². The van der Waals surface area contributed by atoms with Crippen LogP contribution in [0.25, 0.3) is 0 Å². The summed E-state index contributed by atoms with van der Waals surface area (Å²) in [6.07, 6.45) is -5.25. The number of carbonyl (C=O) groups is 3. The minimum absolute atomic E-state index is 0.0441. The normalized spacial score (nSPS) is 25.4. The summed E-state index contributed by atoms with van der Waals surface area (Å²) in [7, 11) is 0. The van der Waals surface area contributed by atoms with E-state index in [0.29, 0.717) is 6.42 Å². The van der Waals surface area contributed by atoms with Gasteiger partial charge in [-0.05, 0) is 24.1 Å². The second kappa shape index (κ2) is 7.51. The molecule has 2 aliphatic heterocycles. The van der Waals surface area contributed by atoms with Crippen LogP contribution in [0, 0.1) is 5.92 Å². The van der Waals surface area contributed by atoms with Crippen molar-refractivity contribution < 1.29 is 32.4 Å². The molecular formula is C18H20F3N3O4. The van der Waals surface area contributed by atoms with Gasteiger partial charge in [0.15, 0.2) is 6.10 Å². The van der Waals surface area contributed by atoms with Gasteiger partial charge in [-0.15, -0.1) is 0 Å². The molecular weight excluding hydrogens is 379 g/mol. The molecule has 2 saturated heterocycles. The van der Waals surface area contributed by atoms with Crippen LogP contribution in [0.1, 0.15) is 36.9 Å². The van der Waals surface area contributed by atoms with E-state index in [0.717, 1.165) is 17.0 Å².